The predicted molar refractivity (Wildman–Crippen MR) is 115 cm³/mol. The minimum atomic E-state index is -0.386. The van der Waals surface area contributed by atoms with Crippen molar-refractivity contribution >= 4 is 5.91 Å². The molecule has 0 aliphatic heterocycles. The molecule has 1 aromatic heterocycles. The molecule has 0 unspecified atom stereocenters. The molecule has 1 heterocycles. The molecule has 0 aliphatic carbocycles. The van der Waals surface area contributed by atoms with Crippen molar-refractivity contribution in [2.75, 3.05) is 5.43 Å². The quantitative estimate of drug-likeness (QED) is 0.534. The zero-order valence-corrected chi connectivity index (χ0v) is 16.8. The van der Waals surface area contributed by atoms with Gasteiger partial charge in [0.15, 0.2) is 0 Å². The minimum Gasteiger partial charge on any atom is -0.352 e. The number of halogens is 1. The van der Waals surface area contributed by atoms with Crippen LogP contribution in [0.1, 0.15) is 27.8 Å². The lowest BCUT2D eigenvalue weighted by atomic mass is 10.1. The Hall–Kier alpha value is -3.45. The number of nitrogens with two attached hydrogens (primary N) is 1. The third kappa shape index (κ3) is 5.33. The topological polar surface area (TPSA) is 89.2 Å². The van der Waals surface area contributed by atoms with Crippen molar-refractivity contribution in [3.8, 4) is 0 Å². The van der Waals surface area contributed by atoms with Gasteiger partial charge in [-0.2, -0.15) is 0 Å². The Morgan fingerprint density at radius 2 is 1.83 bits per heavy atom. The van der Waals surface area contributed by atoms with Gasteiger partial charge in [-0.3, -0.25) is 9.59 Å². The number of aryl methyl sites for hydroxylation is 1. The second kappa shape index (κ2) is 9.84. The average Bonchev–Trinajstić information content (AvgIpc) is 2.75. The molecule has 4 N–H and O–H groups in total. The van der Waals surface area contributed by atoms with E-state index in [4.69, 9.17) is 5.73 Å². The van der Waals surface area contributed by atoms with E-state index in [2.05, 4.69) is 10.7 Å². The Labute approximate surface area is 174 Å². The van der Waals surface area contributed by atoms with Gasteiger partial charge < -0.3 is 16.5 Å². The summed E-state index contributed by atoms with van der Waals surface area (Å²) in [5.41, 5.74) is 12.0. The summed E-state index contributed by atoms with van der Waals surface area (Å²) < 4.78 is 14.9. The van der Waals surface area contributed by atoms with E-state index in [0.29, 0.717) is 17.7 Å². The molecule has 0 saturated heterocycles. The number of aromatic nitrogens is 1. The number of hydrogen-bond acceptors (Lipinski definition) is 4. The lowest BCUT2D eigenvalue weighted by Crippen LogP contribution is -2.34. The van der Waals surface area contributed by atoms with E-state index in [0.717, 1.165) is 16.7 Å². The molecular formula is C23H25FN4O2. The zero-order chi connectivity index (χ0) is 21.5. The molecule has 0 atom stereocenters. The van der Waals surface area contributed by atoms with Crippen molar-refractivity contribution < 1.29 is 9.18 Å². The van der Waals surface area contributed by atoms with Crippen molar-refractivity contribution in [3.05, 3.63) is 105 Å². The van der Waals surface area contributed by atoms with E-state index in [1.54, 1.807) is 25.3 Å². The average molecular weight is 408 g/mol. The highest BCUT2D eigenvalue weighted by Crippen LogP contribution is 2.11. The van der Waals surface area contributed by atoms with Gasteiger partial charge in [-0.05, 0) is 47.4 Å². The number of carbonyl (C=O) groups is 1. The van der Waals surface area contributed by atoms with Crippen LogP contribution in [-0.4, -0.2) is 10.6 Å². The maximum Gasteiger partial charge on any atom is 0.272 e. The van der Waals surface area contributed by atoms with Gasteiger partial charge in [0.25, 0.3) is 5.56 Å². The molecule has 0 bridgehead atoms. The van der Waals surface area contributed by atoms with E-state index in [1.807, 2.05) is 30.3 Å². The van der Waals surface area contributed by atoms with E-state index >= 15 is 0 Å². The van der Waals surface area contributed by atoms with E-state index < -0.39 is 0 Å². The molecule has 3 rings (SSSR count). The number of pyridine rings is 1. The molecule has 0 fully saturated rings. The van der Waals surface area contributed by atoms with Crippen LogP contribution in [0.3, 0.4) is 0 Å². The molecule has 156 valence electrons. The van der Waals surface area contributed by atoms with Gasteiger partial charge in [-0.25, -0.2) is 9.07 Å². The van der Waals surface area contributed by atoms with Crippen LogP contribution in [0.25, 0.3) is 0 Å². The van der Waals surface area contributed by atoms with Gasteiger partial charge in [0.1, 0.15) is 5.82 Å². The monoisotopic (exact) mass is 408 g/mol. The van der Waals surface area contributed by atoms with Crippen molar-refractivity contribution in [1.82, 2.24) is 9.99 Å². The number of amides is 1. The third-order valence-electron chi connectivity index (χ3n) is 4.92. The summed E-state index contributed by atoms with van der Waals surface area (Å²) in [6, 6.07) is 15.8. The maximum atomic E-state index is 13.5. The molecule has 0 saturated carbocycles. The molecular weight excluding hydrogens is 383 g/mol. The van der Waals surface area contributed by atoms with Gasteiger partial charge in [0.2, 0.25) is 5.91 Å². The van der Waals surface area contributed by atoms with E-state index in [1.165, 1.54) is 16.8 Å². The molecule has 2 aromatic carbocycles. The zero-order valence-electron chi connectivity index (χ0n) is 16.8. The van der Waals surface area contributed by atoms with Gasteiger partial charge >= 0.3 is 0 Å². The first-order chi connectivity index (χ1) is 14.5. The number of rotatable bonds is 8. The molecule has 1 amide bonds. The summed E-state index contributed by atoms with van der Waals surface area (Å²) in [5, 5.41) is 2.75. The summed E-state index contributed by atoms with van der Waals surface area (Å²) in [5.74, 6) is -0.703. The fourth-order valence-electron chi connectivity index (χ4n) is 3.16. The molecule has 3 aromatic rings. The molecule has 7 heteroatoms. The van der Waals surface area contributed by atoms with Crippen molar-refractivity contribution in [2.24, 2.45) is 5.73 Å². The van der Waals surface area contributed by atoms with E-state index in [-0.39, 0.29) is 36.8 Å². The van der Waals surface area contributed by atoms with Crippen LogP contribution < -0.4 is 22.0 Å². The van der Waals surface area contributed by atoms with Crippen molar-refractivity contribution in [3.63, 3.8) is 0 Å². The molecule has 6 nitrogen and oxygen atoms in total. The largest absolute Gasteiger partial charge is 0.352 e. The first-order valence-electron chi connectivity index (χ1n) is 9.71. The Kier molecular flexibility index (Phi) is 6.98. The predicted octanol–water partition coefficient (Wildman–Crippen LogP) is 2.36. The fraction of sp³-hybridized carbons (Fsp3) is 0.217. The van der Waals surface area contributed by atoms with Crippen LogP contribution in [-0.2, 0) is 30.8 Å². The summed E-state index contributed by atoms with van der Waals surface area (Å²) in [6.07, 6.45) is 1.59. The molecule has 0 spiro atoms. The fourth-order valence-corrected chi connectivity index (χ4v) is 3.16. The molecule has 30 heavy (non-hydrogen) atoms. The van der Waals surface area contributed by atoms with Crippen LogP contribution in [0.15, 0.2) is 65.6 Å². The van der Waals surface area contributed by atoms with Gasteiger partial charge in [0, 0.05) is 24.8 Å². The highest BCUT2D eigenvalue weighted by Gasteiger charge is 2.13. The standard InChI is InChI=1S/C23H25FN4O2/c1-16-9-10-28(27-14-17-5-3-2-4-6-17)23(30)21(16)12-22(29)26-15-19-11-20(24)8-7-18(19)13-25/h2-11,27H,12-15,25H2,1H3,(H,26,29). The first-order valence-corrected chi connectivity index (χ1v) is 9.71. The minimum absolute atomic E-state index is 0.0637. The Morgan fingerprint density at radius 1 is 1.07 bits per heavy atom. The third-order valence-corrected chi connectivity index (χ3v) is 4.92. The number of benzene rings is 2. The second-order valence-corrected chi connectivity index (χ2v) is 7.04. The van der Waals surface area contributed by atoms with Gasteiger partial charge in [-0.1, -0.05) is 36.4 Å². The highest BCUT2D eigenvalue weighted by molar-refractivity contribution is 5.78. The Morgan fingerprint density at radius 3 is 2.57 bits per heavy atom. The number of hydrogen-bond donors (Lipinski definition) is 3. The van der Waals surface area contributed by atoms with Crippen LogP contribution >= 0.6 is 0 Å². The SMILES string of the molecule is Cc1ccn(NCc2ccccc2)c(=O)c1CC(=O)NCc1cc(F)ccc1CN. The number of carbonyl (C=O) groups excluding carboxylic acids is 1. The van der Waals surface area contributed by atoms with Crippen LogP contribution in [0, 0.1) is 12.7 Å². The van der Waals surface area contributed by atoms with Crippen molar-refractivity contribution in [1.29, 1.82) is 0 Å². The number of nitrogens with zero attached hydrogens (tertiary/aromatic N) is 1. The lowest BCUT2D eigenvalue weighted by molar-refractivity contribution is -0.120. The van der Waals surface area contributed by atoms with Crippen LogP contribution in [0.5, 0.6) is 0 Å². The molecule has 0 aliphatic rings. The van der Waals surface area contributed by atoms with Crippen LogP contribution in [0.4, 0.5) is 4.39 Å². The first kappa shape index (κ1) is 21.3. The summed E-state index contributed by atoms with van der Waals surface area (Å²) in [4.78, 5) is 25.3. The van der Waals surface area contributed by atoms with Gasteiger partial charge in [-0.15, -0.1) is 0 Å². The summed E-state index contributed by atoms with van der Waals surface area (Å²) in [7, 11) is 0. The molecule has 0 radical (unpaired) electrons. The van der Waals surface area contributed by atoms with Crippen molar-refractivity contribution in [2.45, 2.75) is 33.0 Å². The smallest absolute Gasteiger partial charge is 0.272 e. The summed E-state index contributed by atoms with van der Waals surface area (Å²) in [6.45, 7) is 2.68. The second-order valence-electron chi connectivity index (χ2n) is 7.04. The highest BCUT2D eigenvalue weighted by atomic mass is 19.1. The van der Waals surface area contributed by atoms with Gasteiger partial charge in [0.05, 0.1) is 13.0 Å². The summed E-state index contributed by atoms with van der Waals surface area (Å²) >= 11 is 0. The number of nitrogens with one attached hydrogen (secondary N) is 2. The lowest BCUT2D eigenvalue weighted by Gasteiger charge is -2.14. The normalized spacial score (nSPS) is 10.6. The Bertz CT molecular complexity index is 1080. The van der Waals surface area contributed by atoms with Crippen LogP contribution in [0.2, 0.25) is 0 Å². The maximum absolute atomic E-state index is 13.5. The Balaban J connectivity index is 1.67. The van der Waals surface area contributed by atoms with E-state index in [9.17, 15) is 14.0 Å².